The predicted octanol–water partition coefficient (Wildman–Crippen LogP) is 1.12. The molecule has 0 spiro atoms. The van der Waals surface area contributed by atoms with Gasteiger partial charge in [0.25, 0.3) is 0 Å². The van der Waals surface area contributed by atoms with Crippen LogP contribution < -0.4 is 33.2 Å². The van der Waals surface area contributed by atoms with E-state index in [4.69, 9.17) is 17.2 Å². The molecule has 4 amide bonds. The number of primary amides is 1. The third-order valence-corrected chi connectivity index (χ3v) is 6.16. The van der Waals surface area contributed by atoms with E-state index in [-0.39, 0.29) is 31.3 Å². The topological polar surface area (TPSA) is 195 Å². The zero-order chi connectivity index (χ0) is 31.1. The molecule has 42 heavy (non-hydrogen) atoms. The Balaban J connectivity index is 2.26. The van der Waals surface area contributed by atoms with E-state index >= 15 is 0 Å². The monoisotopic (exact) mass is 581 g/mol. The van der Waals surface area contributed by atoms with Crippen LogP contribution in [0.4, 0.5) is 4.39 Å². The Morgan fingerprint density at radius 3 is 2.07 bits per heavy atom. The van der Waals surface area contributed by atoms with Crippen molar-refractivity contribution < 1.29 is 23.6 Å². The second-order valence-electron chi connectivity index (χ2n) is 10.2. The standard InChI is InChI=1S/C30H40FN7O4/c1-19(2)17-24(27(32)40)38-28(41)23(9-6-16-35-30(33)34)37-29(42)25(18-21-10-13-22(31)14-11-21)36-26(39)15-12-20-7-4-3-5-8-20/h3-5,7-8,10-15,19,23-25H,6,9,16-18H2,1-2H3,(H2,32,40)(H,36,39)(H,37,42)(H,38,41)(H4,33,34,35)/b15-12+/t23-,24-,25-/m0/s1. The van der Waals surface area contributed by atoms with E-state index in [1.54, 1.807) is 6.08 Å². The number of carbonyl (C=O) groups excluding carboxylic acids is 4. The van der Waals surface area contributed by atoms with Crippen molar-refractivity contribution in [2.45, 2.75) is 57.7 Å². The summed E-state index contributed by atoms with van der Waals surface area (Å²) in [5.41, 5.74) is 17.6. The van der Waals surface area contributed by atoms with E-state index in [1.165, 1.54) is 30.3 Å². The van der Waals surface area contributed by atoms with Gasteiger partial charge in [-0.25, -0.2) is 4.39 Å². The van der Waals surface area contributed by atoms with Gasteiger partial charge in [-0.15, -0.1) is 0 Å². The van der Waals surface area contributed by atoms with E-state index in [1.807, 2.05) is 44.2 Å². The summed E-state index contributed by atoms with van der Waals surface area (Å²) in [5, 5.41) is 7.98. The van der Waals surface area contributed by atoms with Gasteiger partial charge in [0.1, 0.15) is 23.9 Å². The minimum atomic E-state index is -1.11. The third kappa shape index (κ3) is 12.6. The fraction of sp³-hybridized carbons (Fsp3) is 0.367. The van der Waals surface area contributed by atoms with Gasteiger partial charge in [-0.3, -0.25) is 24.2 Å². The first-order chi connectivity index (χ1) is 19.9. The molecule has 0 heterocycles. The first kappa shape index (κ1) is 33.5. The van der Waals surface area contributed by atoms with Crippen molar-refractivity contribution in [3.8, 4) is 0 Å². The summed E-state index contributed by atoms with van der Waals surface area (Å²) in [7, 11) is 0. The van der Waals surface area contributed by atoms with Crippen molar-refractivity contribution in [1.29, 1.82) is 0 Å². The molecular formula is C30H40FN7O4. The van der Waals surface area contributed by atoms with Gasteiger partial charge >= 0.3 is 0 Å². The summed E-state index contributed by atoms with van der Waals surface area (Å²) >= 11 is 0. The highest BCUT2D eigenvalue weighted by atomic mass is 19.1. The van der Waals surface area contributed by atoms with Crippen molar-refractivity contribution in [1.82, 2.24) is 16.0 Å². The number of rotatable bonds is 16. The highest BCUT2D eigenvalue weighted by Crippen LogP contribution is 2.10. The number of nitrogens with one attached hydrogen (secondary N) is 3. The number of aliphatic imine (C=N–C) groups is 1. The lowest BCUT2D eigenvalue weighted by Gasteiger charge is -2.25. The molecule has 0 bridgehead atoms. The number of nitrogens with two attached hydrogens (primary N) is 3. The van der Waals surface area contributed by atoms with Crippen LogP contribution in [0.2, 0.25) is 0 Å². The molecule has 0 saturated carbocycles. The number of halogens is 1. The highest BCUT2D eigenvalue weighted by molar-refractivity contribution is 5.97. The number of benzene rings is 2. The van der Waals surface area contributed by atoms with Crippen molar-refractivity contribution in [3.63, 3.8) is 0 Å². The van der Waals surface area contributed by atoms with Gasteiger partial charge < -0.3 is 33.2 Å². The fourth-order valence-electron chi connectivity index (χ4n) is 4.06. The Kier molecular flexibility index (Phi) is 13.7. The quantitative estimate of drug-likeness (QED) is 0.0744. The van der Waals surface area contributed by atoms with Crippen LogP contribution in [0.1, 0.15) is 44.2 Å². The first-order valence-electron chi connectivity index (χ1n) is 13.7. The van der Waals surface area contributed by atoms with Crippen LogP contribution >= 0.6 is 0 Å². The molecule has 0 aliphatic carbocycles. The number of carbonyl (C=O) groups is 4. The average Bonchev–Trinajstić information content (AvgIpc) is 2.94. The van der Waals surface area contributed by atoms with Gasteiger partial charge in [-0.2, -0.15) is 0 Å². The maximum Gasteiger partial charge on any atom is 0.244 e. The molecule has 0 fully saturated rings. The average molecular weight is 582 g/mol. The molecule has 226 valence electrons. The van der Waals surface area contributed by atoms with E-state index in [2.05, 4.69) is 20.9 Å². The molecule has 0 aromatic heterocycles. The molecule has 0 aliphatic heterocycles. The van der Waals surface area contributed by atoms with Crippen LogP contribution in [0.3, 0.4) is 0 Å². The molecule has 2 rings (SSSR count). The lowest BCUT2D eigenvalue weighted by atomic mass is 10.0. The Morgan fingerprint density at radius 2 is 1.48 bits per heavy atom. The molecule has 2 aromatic carbocycles. The van der Waals surface area contributed by atoms with E-state index < -0.39 is 47.6 Å². The van der Waals surface area contributed by atoms with Crippen LogP contribution in [0.15, 0.2) is 65.7 Å². The van der Waals surface area contributed by atoms with Gasteiger partial charge in [0, 0.05) is 19.0 Å². The second-order valence-corrected chi connectivity index (χ2v) is 10.2. The highest BCUT2D eigenvalue weighted by Gasteiger charge is 2.29. The molecule has 2 aromatic rings. The first-order valence-corrected chi connectivity index (χ1v) is 13.7. The molecule has 11 nitrogen and oxygen atoms in total. The second kappa shape index (κ2) is 17.2. The molecule has 9 N–H and O–H groups in total. The Hall–Kier alpha value is -4.74. The van der Waals surface area contributed by atoms with Crippen LogP contribution in [0, 0.1) is 11.7 Å². The number of hydrogen-bond acceptors (Lipinski definition) is 5. The zero-order valence-corrected chi connectivity index (χ0v) is 23.9. The van der Waals surface area contributed by atoms with Crippen molar-refractivity contribution >= 4 is 35.7 Å². The summed E-state index contributed by atoms with van der Waals surface area (Å²) in [6, 6.07) is 11.5. The zero-order valence-electron chi connectivity index (χ0n) is 23.9. The van der Waals surface area contributed by atoms with Gasteiger partial charge in [-0.05, 0) is 54.5 Å². The molecule has 12 heteroatoms. The van der Waals surface area contributed by atoms with Gasteiger partial charge in [0.05, 0.1) is 0 Å². The van der Waals surface area contributed by atoms with E-state index in [9.17, 15) is 23.6 Å². The molecule has 3 atom stereocenters. The summed E-state index contributed by atoms with van der Waals surface area (Å²) in [5.74, 6) is -3.00. The third-order valence-electron chi connectivity index (χ3n) is 6.16. The molecule has 0 radical (unpaired) electrons. The van der Waals surface area contributed by atoms with Gasteiger partial charge in [-0.1, -0.05) is 56.3 Å². The number of nitrogens with zero attached hydrogens (tertiary/aromatic N) is 1. The normalized spacial score (nSPS) is 13.1. The summed E-state index contributed by atoms with van der Waals surface area (Å²) in [6.07, 6.45) is 3.69. The molecule has 0 aliphatic rings. The van der Waals surface area contributed by atoms with Crippen molar-refractivity contribution in [2.24, 2.45) is 28.1 Å². The van der Waals surface area contributed by atoms with Crippen molar-refractivity contribution in [2.75, 3.05) is 6.54 Å². The van der Waals surface area contributed by atoms with Gasteiger partial charge in [0.15, 0.2) is 5.96 Å². The molecular weight excluding hydrogens is 541 g/mol. The summed E-state index contributed by atoms with van der Waals surface area (Å²) < 4.78 is 13.5. The summed E-state index contributed by atoms with van der Waals surface area (Å²) in [4.78, 5) is 55.4. The summed E-state index contributed by atoms with van der Waals surface area (Å²) in [6.45, 7) is 3.96. The minimum Gasteiger partial charge on any atom is -0.370 e. The SMILES string of the molecule is CC(C)C[C@H](NC(=O)[C@H](CCCN=C(N)N)NC(=O)[C@H](Cc1ccc(F)cc1)NC(=O)/C=C/c1ccccc1)C(N)=O. The van der Waals surface area contributed by atoms with Crippen LogP contribution in [0.25, 0.3) is 6.08 Å². The molecule has 0 saturated heterocycles. The Labute approximate surface area is 245 Å². The van der Waals surface area contributed by atoms with Gasteiger partial charge in [0.2, 0.25) is 23.6 Å². The van der Waals surface area contributed by atoms with Crippen LogP contribution in [-0.4, -0.2) is 54.3 Å². The predicted molar refractivity (Wildman–Crippen MR) is 160 cm³/mol. The smallest absolute Gasteiger partial charge is 0.244 e. The van der Waals surface area contributed by atoms with Crippen molar-refractivity contribution in [3.05, 3.63) is 77.6 Å². The van der Waals surface area contributed by atoms with Crippen LogP contribution in [-0.2, 0) is 25.6 Å². The lowest BCUT2D eigenvalue weighted by Crippen LogP contribution is -2.56. The maximum atomic E-state index is 13.5. The van der Waals surface area contributed by atoms with E-state index in [0.29, 0.717) is 18.4 Å². The number of amides is 4. The Bertz CT molecular complexity index is 1250. The lowest BCUT2D eigenvalue weighted by molar-refractivity contribution is -0.133. The minimum absolute atomic E-state index is 0.0244. The molecule has 0 unspecified atom stereocenters. The van der Waals surface area contributed by atoms with Crippen LogP contribution in [0.5, 0.6) is 0 Å². The number of hydrogen-bond donors (Lipinski definition) is 6. The fourth-order valence-corrected chi connectivity index (χ4v) is 4.06. The van der Waals surface area contributed by atoms with E-state index in [0.717, 1.165) is 5.56 Å². The number of guanidine groups is 1. The maximum absolute atomic E-state index is 13.5. The Morgan fingerprint density at radius 1 is 0.857 bits per heavy atom. The largest absolute Gasteiger partial charge is 0.370 e.